The third-order valence-corrected chi connectivity index (χ3v) is 4.28. The molecule has 4 nitrogen and oxygen atoms in total. The summed E-state index contributed by atoms with van der Waals surface area (Å²) in [5, 5.41) is 14.9. The fraction of sp³-hybridized carbons (Fsp3) is 0.111. The van der Waals surface area contributed by atoms with Gasteiger partial charge in [0.15, 0.2) is 5.13 Å². The van der Waals surface area contributed by atoms with E-state index in [-0.39, 0.29) is 5.56 Å². The van der Waals surface area contributed by atoms with Gasteiger partial charge in [0.1, 0.15) is 0 Å². The van der Waals surface area contributed by atoms with Crippen molar-refractivity contribution in [3.05, 3.63) is 64.5 Å². The zero-order chi connectivity index (χ0) is 16.4. The van der Waals surface area contributed by atoms with Crippen molar-refractivity contribution in [3.63, 3.8) is 0 Å². The molecule has 0 radical (unpaired) electrons. The SMILES string of the molecule is Cc1ccc(-c2csc(Nc3cccc(C(=O)O)c3)n2)c(C)c1. The maximum atomic E-state index is 11.0. The fourth-order valence-corrected chi connectivity index (χ4v) is 3.14. The van der Waals surface area contributed by atoms with Crippen LogP contribution >= 0.6 is 11.3 Å². The highest BCUT2D eigenvalue weighted by molar-refractivity contribution is 7.14. The number of carboxylic acids is 1. The molecular weight excluding hydrogens is 308 g/mol. The molecule has 5 heteroatoms. The van der Waals surface area contributed by atoms with Gasteiger partial charge in [-0.15, -0.1) is 11.3 Å². The van der Waals surface area contributed by atoms with Crippen LogP contribution in [0.1, 0.15) is 21.5 Å². The van der Waals surface area contributed by atoms with Crippen LogP contribution in [0.4, 0.5) is 10.8 Å². The summed E-state index contributed by atoms with van der Waals surface area (Å²) < 4.78 is 0. The van der Waals surface area contributed by atoms with Crippen LogP contribution in [-0.4, -0.2) is 16.1 Å². The molecule has 0 spiro atoms. The summed E-state index contributed by atoms with van der Waals surface area (Å²) in [5.74, 6) is -0.941. The number of anilines is 2. The van der Waals surface area contributed by atoms with Gasteiger partial charge in [-0.2, -0.15) is 0 Å². The van der Waals surface area contributed by atoms with Gasteiger partial charge in [-0.1, -0.05) is 29.8 Å². The molecule has 2 N–H and O–H groups in total. The predicted octanol–water partition coefficient (Wildman–Crippen LogP) is 4.87. The predicted molar refractivity (Wildman–Crippen MR) is 93.7 cm³/mol. The second-order valence-electron chi connectivity index (χ2n) is 5.37. The average molecular weight is 324 g/mol. The first-order chi connectivity index (χ1) is 11.0. The Bertz CT molecular complexity index is 871. The van der Waals surface area contributed by atoms with Crippen LogP contribution in [0.25, 0.3) is 11.3 Å². The van der Waals surface area contributed by atoms with E-state index in [1.165, 1.54) is 22.5 Å². The molecule has 3 aromatic rings. The van der Waals surface area contributed by atoms with Gasteiger partial charge in [0.05, 0.1) is 11.3 Å². The van der Waals surface area contributed by atoms with Crippen molar-refractivity contribution in [2.45, 2.75) is 13.8 Å². The number of nitrogens with zero attached hydrogens (tertiary/aromatic N) is 1. The highest BCUT2D eigenvalue weighted by Gasteiger charge is 2.09. The third kappa shape index (κ3) is 3.40. The molecule has 0 atom stereocenters. The number of aromatic carboxylic acids is 1. The Morgan fingerprint density at radius 3 is 2.74 bits per heavy atom. The summed E-state index contributed by atoms with van der Waals surface area (Å²) in [6.07, 6.45) is 0. The lowest BCUT2D eigenvalue weighted by Crippen LogP contribution is -1.97. The molecule has 0 aliphatic heterocycles. The summed E-state index contributed by atoms with van der Waals surface area (Å²) in [7, 11) is 0. The Hall–Kier alpha value is -2.66. The number of carbonyl (C=O) groups is 1. The number of aromatic nitrogens is 1. The molecule has 0 saturated heterocycles. The highest BCUT2D eigenvalue weighted by atomic mass is 32.1. The van der Waals surface area contributed by atoms with Crippen molar-refractivity contribution in [3.8, 4) is 11.3 Å². The van der Waals surface area contributed by atoms with Crippen LogP contribution in [0.3, 0.4) is 0 Å². The number of hydrogen-bond acceptors (Lipinski definition) is 4. The van der Waals surface area contributed by atoms with Gasteiger partial charge in [0, 0.05) is 16.6 Å². The molecule has 2 aromatic carbocycles. The van der Waals surface area contributed by atoms with Crippen molar-refractivity contribution in [2.24, 2.45) is 0 Å². The van der Waals surface area contributed by atoms with E-state index < -0.39 is 5.97 Å². The van der Waals surface area contributed by atoms with E-state index in [4.69, 9.17) is 5.11 Å². The number of hydrogen-bond donors (Lipinski definition) is 2. The Morgan fingerprint density at radius 2 is 2.00 bits per heavy atom. The van der Waals surface area contributed by atoms with Crippen LogP contribution in [0.5, 0.6) is 0 Å². The van der Waals surface area contributed by atoms with E-state index in [0.29, 0.717) is 5.69 Å². The quantitative estimate of drug-likeness (QED) is 0.719. The molecule has 0 saturated carbocycles. The number of aryl methyl sites for hydroxylation is 2. The minimum absolute atomic E-state index is 0.251. The fourth-order valence-electron chi connectivity index (χ4n) is 2.41. The van der Waals surface area contributed by atoms with Crippen LogP contribution in [0.2, 0.25) is 0 Å². The minimum Gasteiger partial charge on any atom is -0.478 e. The maximum Gasteiger partial charge on any atom is 0.335 e. The first kappa shape index (κ1) is 15.2. The number of nitrogens with one attached hydrogen (secondary N) is 1. The van der Waals surface area contributed by atoms with E-state index in [2.05, 4.69) is 42.3 Å². The van der Waals surface area contributed by atoms with Crippen molar-refractivity contribution >= 4 is 28.1 Å². The number of benzene rings is 2. The van der Waals surface area contributed by atoms with E-state index in [1.54, 1.807) is 18.2 Å². The summed E-state index contributed by atoms with van der Waals surface area (Å²) in [5.41, 5.74) is 5.41. The lowest BCUT2D eigenvalue weighted by atomic mass is 10.0. The Balaban J connectivity index is 1.85. The molecule has 3 rings (SSSR count). The van der Waals surface area contributed by atoms with Gasteiger partial charge in [-0.25, -0.2) is 9.78 Å². The van der Waals surface area contributed by atoms with E-state index in [1.807, 2.05) is 11.4 Å². The molecule has 0 amide bonds. The van der Waals surface area contributed by atoms with Crippen molar-refractivity contribution in [2.75, 3.05) is 5.32 Å². The van der Waals surface area contributed by atoms with E-state index in [9.17, 15) is 4.79 Å². The summed E-state index contributed by atoms with van der Waals surface area (Å²) in [4.78, 5) is 15.6. The molecule has 116 valence electrons. The maximum absolute atomic E-state index is 11.0. The Kier molecular flexibility index (Phi) is 4.12. The second-order valence-corrected chi connectivity index (χ2v) is 6.23. The van der Waals surface area contributed by atoms with Crippen molar-refractivity contribution < 1.29 is 9.90 Å². The summed E-state index contributed by atoms with van der Waals surface area (Å²) >= 11 is 1.50. The third-order valence-electron chi connectivity index (χ3n) is 3.52. The summed E-state index contributed by atoms with van der Waals surface area (Å²) in [6.45, 7) is 4.14. The lowest BCUT2D eigenvalue weighted by Gasteiger charge is -2.05. The largest absolute Gasteiger partial charge is 0.478 e. The van der Waals surface area contributed by atoms with Gasteiger partial charge >= 0.3 is 5.97 Å². The van der Waals surface area contributed by atoms with Crippen LogP contribution < -0.4 is 5.32 Å². The topological polar surface area (TPSA) is 62.2 Å². The monoisotopic (exact) mass is 324 g/mol. The molecule has 0 bridgehead atoms. The Labute approximate surface area is 138 Å². The van der Waals surface area contributed by atoms with Crippen LogP contribution in [0.15, 0.2) is 47.8 Å². The molecule has 0 unspecified atom stereocenters. The first-order valence-electron chi connectivity index (χ1n) is 7.16. The van der Waals surface area contributed by atoms with Crippen molar-refractivity contribution in [1.82, 2.24) is 4.98 Å². The second kappa shape index (κ2) is 6.22. The van der Waals surface area contributed by atoms with Gasteiger partial charge in [-0.05, 0) is 37.6 Å². The van der Waals surface area contributed by atoms with Gasteiger partial charge in [-0.3, -0.25) is 0 Å². The van der Waals surface area contributed by atoms with Crippen LogP contribution in [-0.2, 0) is 0 Å². The van der Waals surface area contributed by atoms with Gasteiger partial charge in [0.25, 0.3) is 0 Å². The highest BCUT2D eigenvalue weighted by Crippen LogP contribution is 2.29. The van der Waals surface area contributed by atoms with Gasteiger partial charge < -0.3 is 10.4 Å². The van der Waals surface area contributed by atoms with E-state index in [0.717, 1.165) is 16.4 Å². The zero-order valence-electron chi connectivity index (χ0n) is 12.8. The average Bonchev–Trinajstić information content (AvgIpc) is 2.95. The van der Waals surface area contributed by atoms with E-state index >= 15 is 0 Å². The number of carboxylic acid groups (broad SMARTS) is 1. The van der Waals surface area contributed by atoms with Crippen molar-refractivity contribution in [1.29, 1.82) is 0 Å². The molecule has 0 aliphatic carbocycles. The van der Waals surface area contributed by atoms with Gasteiger partial charge in [0.2, 0.25) is 0 Å². The number of thiazole rings is 1. The molecule has 23 heavy (non-hydrogen) atoms. The molecule has 0 fully saturated rings. The minimum atomic E-state index is -0.941. The normalized spacial score (nSPS) is 10.5. The lowest BCUT2D eigenvalue weighted by molar-refractivity contribution is 0.0697. The Morgan fingerprint density at radius 1 is 1.17 bits per heavy atom. The zero-order valence-corrected chi connectivity index (χ0v) is 13.6. The molecule has 1 heterocycles. The summed E-state index contributed by atoms with van der Waals surface area (Å²) in [6, 6.07) is 13.0. The first-order valence-corrected chi connectivity index (χ1v) is 8.04. The van der Waals surface area contributed by atoms with Crippen LogP contribution in [0, 0.1) is 13.8 Å². The molecule has 0 aliphatic rings. The molecular formula is C18H16N2O2S. The smallest absolute Gasteiger partial charge is 0.335 e. The molecule has 1 aromatic heterocycles. The number of rotatable bonds is 4. The standard InChI is InChI=1S/C18H16N2O2S/c1-11-6-7-15(12(2)8-11)16-10-23-18(20-16)19-14-5-3-4-13(9-14)17(21)22/h3-10H,1-2H3,(H,19,20)(H,21,22).